The average molecular weight is 550 g/mol. The van der Waals surface area contributed by atoms with Crippen molar-refractivity contribution in [3.05, 3.63) is 52.0 Å². The van der Waals surface area contributed by atoms with Crippen LogP contribution in [0.5, 0.6) is 0 Å². The molecule has 0 radical (unpaired) electrons. The molecular weight excluding hydrogens is 535 g/mol. The molecule has 13 heteroatoms. The van der Waals surface area contributed by atoms with E-state index in [1.165, 1.54) is 29.5 Å². The average Bonchev–Trinajstić information content (AvgIpc) is 3.18. The number of rotatable bonds is 4. The molecule has 1 fully saturated rings. The summed E-state index contributed by atoms with van der Waals surface area (Å²) in [7, 11) is -4.33. The Bertz CT molecular complexity index is 1300. The highest BCUT2D eigenvalue weighted by atomic mass is 79.9. The second-order valence-corrected chi connectivity index (χ2v) is 10.8. The fourth-order valence-corrected chi connectivity index (χ4v) is 6.82. The summed E-state index contributed by atoms with van der Waals surface area (Å²) in [5.74, 6) is -1.07. The van der Waals surface area contributed by atoms with E-state index in [0.29, 0.717) is 19.8 Å². The standard InChI is InChI=1S/C19H15BrF3N3O4S2/c20-13-9-11(17(27)28)10-14-16(13)24-18(31-14)25-5-7-26(8-6-25)32(29,30)15-4-2-1-3-12(15)19(21,22)23/h1-4,9-10H,5-8H2,(H,27,28). The number of carbonyl (C=O) groups is 1. The van der Waals surface area contributed by atoms with E-state index in [4.69, 9.17) is 0 Å². The summed E-state index contributed by atoms with van der Waals surface area (Å²) in [4.78, 5) is 16.8. The number of fused-ring (bicyclic) bond motifs is 1. The third kappa shape index (κ3) is 4.21. The fourth-order valence-electron chi connectivity index (χ4n) is 3.42. The van der Waals surface area contributed by atoms with Crippen molar-refractivity contribution in [1.29, 1.82) is 0 Å². The minimum atomic E-state index is -4.78. The summed E-state index contributed by atoms with van der Waals surface area (Å²) in [6.07, 6.45) is -4.78. The van der Waals surface area contributed by atoms with Crippen LogP contribution in [0.25, 0.3) is 10.2 Å². The van der Waals surface area contributed by atoms with Crippen LogP contribution in [-0.2, 0) is 16.2 Å². The van der Waals surface area contributed by atoms with Crippen LogP contribution in [0.1, 0.15) is 15.9 Å². The van der Waals surface area contributed by atoms with Gasteiger partial charge in [-0.2, -0.15) is 17.5 Å². The van der Waals surface area contributed by atoms with Gasteiger partial charge in [-0.1, -0.05) is 23.5 Å². The van der Waals surface area contributed by atoms with E-state index in [-0.39, 0.29) is 31.7 Å². The SMILES string of the molecule is O=C(O)c1cc(Br)c2nc(N3CCN(S(=O)(=O)c4ccccc4C(F)(F)F)CC3)sc2c1. The molecule has 32 heavy (non-hydrogen) atoms. The van der Waals surface area contributed by atoms with Gasteiger partial charge in [0, 0.05) is 30.7 Å². The number of benzene rings is 2. The number of carboxylic acid groups (broad SMARTS) is 1. The first-order valence-corrected chi connectivity index (χ1v) is 12.3. The second kappa shape index (κ2) is 8.28. The van der Waals surface area contributed by atoms with Crippen molar-refractivity contribution in [2.45, 2.75) is 11.1 Å². The lowest BCUT2D eigenvalue weighted by molar-refractivity contribution is -0.139. The van der Waals surface area contributed by atoms with Crippen LogP contribution in [0.4, 0.5) is 18.3 Å². The number of piperazine rings is 1. The van der Waals surface area contributed by atoms with Crippen molar-refractivity contribution in [1.82, 2.24) is 9.29 Å². The van der Waals surface area contributed by atoms with Crippen molar-refractivity contribution in [3.63, 3.8) is 0 Å². The van der Waals surface area contributed by atoms with Gasteiger partial charge in [0.2, 0.25) is 10.0 Å². The molecule has 0 saturated carbocycles. The molecule has 2 aromatic carbocycles. The number of halogens is 4. The predicted molar refractivity (Wildman–Crippen MR) is 117 cm³/mol. The third-order valence-electron chi connectivity index (χ3n) is 5.00. The number of thiazole rings is 1. The molecule has 0 bridgehead atoms. The quantitative estimate of drug-likeness (QED) is 0.522. The van der Waals surface area contributed by atoms with E-state index in [1.54, 1.807) is 0 Å². The number of sulfonamides is 1. The molecule has 3 aromatic rings. The van der Waals surface area contributed by atoms with Gasteiger partial charge in [-0.3, -0.25) is 0 Å². The van der Waals surface area contributed by atoms with Gasteiger partial charge in [0.25, 0.3) is 0 Å². The predicted octanol–water partition coefficient (Wildman–Crippen LogP) is 4.29. The molecule has 170 valence electrons. The third-order valence-corrected chi connectivity index (χ3v) is 8.63. The molecule has 1 aliphatic rings. The van der Waals surface area contributed by atoms with Gasteiger partial charge < -0.3 is 10.0 Å². The Balaban J connectivity index is 1.56. The topological polar surface area (TPSA) is 90.8 Å². The van der Waals surface area contributed by atoms with Crippen LogP contribution in [0, 0.1) is 0 Å². The number of alkyl halides is 3. The van der Waals surface area contributed by atoms with Crippen molar-refractivity contribution >= 4 is 58.6 Å². The molecule has 7 nitrogen and oxygen atoms in total. The molecule has 1 saturated heterocycles. The van der Waals surface area contributed by atoms with Crippen LogP contribution >= 0.6 is 27.3 Å². The Kier molecular flexibility index (Phi) is 5.94. The van der Waals surface area contributed by atoms with Crippen LogP contribution in [0.15, 0.2) is 45.8 Å². The van der Waals surface area contributed by atoms with Crippen molar-refractivity contribution in [3.8, 4) is 0 Å². The monoisotopic (exact) mass is 549 g/mol. The van der Waals surface area contributed by atoms with E-state index in [1.807, 2.05) is 4.90 Å². The van der Waals surface area contributed by atoms with E-state index in [0.717, 1.165) is 22.5 Å². The van der Waals surface area contributed by atoms with Gasteiger partial charge in [0.05, 0.1) is 26.2 Å². The molecular formula is C19H15BrF3N3O4S2. The maximum Gasteiger partial charge on any atom is 0.417 e. The Hall–Kier alpha value is -2.22. The zero-order chi connectivity index (χ0) is 23.3. The highest BCUT2D eigenvalue weighted by Gasteiger charge is 2.39. The molecule has 4 rings (SSSR count). The van der Waals surface area contributed by atoms with E-state index in [9.17, 15) is 31.5 Å². The lowest BCUT2D eigenvalue weighted by Crippen LogP contribution is -2.48. The molecule has 2 heterocycles. The molecule has 1 N–H and O–H groups in total. The number of hydrogen-bond acceptors (Lipinski definition) is 6. The van der Waals surface area contributed by atoms with Crippen LogP contribution in [-0.4, -0.2) is 55.0 Å². The number of nitrogens with zero attached hydrogens (tertiary/aromatic N) is 3. The molecule has 1 aromatic heterocycles. The van der Waals surface area contributed by atoms with Gasteiger partial charge in [-0.25, -0.2) is 18.2 Å². The Morgan fingerprint density at radius 3 is 2.41 bits per heavy atom. The van der Waals surface area contributed by atoms with Gasteiger partial charge in [-0.15, -0.1) is 0 Å². The van der Waals surface area contributed by atoms with Crippen molar-refractivity contribution in [2.24, 2.45) is 0 Å². The number of hydrogen-bond donors (Lipinski definition) is 1. The normalized spacial score (nSPS) is 15.9. The van der Waals surface area contributed by atoms with Gasteiger partial charge in [0.15, 0.2) is 5.13 Å². The number of carboxylic acids is 1. The summed E-state index contributed by atoms with van der Waals surface area (Å²) in [5.41, 5.74) is -0.490. The molecule has 0 unspecified atom stereocenters. The molecule has 0 aliphatic carbocycles. The first-order valence-electron chi connectivity index (χ1n) is 9.23. The molecule has 0 amide bonds. The molecule has 0 spiro atoms. The summed E-state index contributed by atoms with van der Waals surface area (Å²) in [6, 6.07) is 7.11. The van der Waals surface area contributed by atoms with Crippen LogP contribution < -0.4 is 4.90 Å². The Labute approximate surface area is 193 Å². The number of aromatic nitrogens is 1. The lowest BCUT2D eigenvalue weighted by atomic mass is 10.2. The smallest absolute Gasteiger partial charge is 0.417 e. The lowest BCUT2D eigenvalue weighted by Gasteiger charge is -2.34. The minimum absolute atomic E-state index is 0.00794. The van der Waals surface area contributed by atoms with E-state index < -0.39 is 32.6 Å². The summed E-state index contributed by atoms with van der Waals surface area (Å²) in [5, 5.41) is 9.79. The Morgan fingerprint density at radius 2 is 1.78 bits per heavy atom. The zero-order valence-corrected chi connectivity index (χ0v) is 19.4. The maximum absolute atomic E-state index is 13.3. The first kappa shape index (κ1) is 23.0. The second-order valence-electron chi connectivity index (χ2n) is 6.99. The number of anilines is 1. The first-order chi connectivity index (χ1) is 15.0. The molecule has 1 aliphatic heterocycles. The molecule has 0 atom stereocenters. The zero-order valence-electron chi connectivity index (χ0n) is 16.1. The highest BCUT2D eigenvalue weighted by molar-refractivity contribution is 9.10. The van der Waals surface area contributed by atoms with Crippen LogP contribution in [0.2, 0.25) is 0 Å². The van der Waals surface area contributed by atoms with Crippen molar-refractivity contribution < 1.29 is 31.5 Å². The highest BCUT2D eigenvalue weighted by Crippen LogP contribution is 2.37. The summed E-state index contributed by atoms with van der Waals surface area (Å²) in [6.45, 7) is 0.450. The van der Waals surface area contributed by atoms with E-state index in [2.05, 4.69) is 20.9 Å². The maximum atomic E-state index is 13.3. The van der Waals surface area contributed by atoms with E-state index >= 15 is 0 Å². The van der Waals surface area contributed by atoms with Gasteiger partial charge in [0.1, 0.15) is 0 Å². The van der Waals surface area contributed by atoms with Gasteiger partial charge >= 0.3 is 12.1 Å². The van der Waals surface area contributed by atoms with Crippen molar-refractivity contribution in [2.75, 3.05) is 31.1 Å². The largest absolute Gasteiger partial charge is 0.478 e. The fraction of sp³-hybridized carbons (Fsp3) is 0.263. The number of aromatic carboxylic acids is 1. The minimum Gasteiger partial charge on any atom is -0.478 e. The van der Waals surface area contributed by atoms with Gasteiger partial charge in [-0.05, 0) is 40.2 Å². The Morgan fingerprint density at radius 1 is 1.12 bits per heavy atom. The summed E-state index contributed by atoms with van der Waals surface area (Å²) < 4.78 is 68.0. The summed E-state index contributed by atoms with van der Waals surface area (Å²) >= 11 is 4.59. The van der Waals surface area contributed by atoms with Crippen LogP contribution in [0.3, 0.4) is 0 Å².